The minimum Gasteiger partial charge on any atom is -0.375 e. The van der Waals surface area contributed by atoms with Crippen LogP contribution in [0.4, 0.5) is 0 Å². The molecule has 1 saturated heterocycles. The van der Waals surface area contributed by atoms with Gasteiger partial charge in [-0.25, -0.2) is 0 Å². The molecule has 1 atom stereocenters. The number of aryl methyl sites for hydroxylation is 1. The first kappa shape index (κ1) is 14.5. The van der Waals surface area contributed by atoms with Crippen LogP contribution in [0, 0.1) is 6.92 Å². The number of carbonyl (C=O) groups excluding carboxylic acids is 1. The van der Waals surface area contributed by atoms with Crippen molar-refractivity contribution in [1.29, 1.82) is 0 Å². The molecule has 1 aromatic heterocycles. The van der Waals surface area contributed by atoms with Crippen molar-refractivity contribution in [3.63, 3.8) is 0 Å². The average Bonchev–Trinajstić information content (AvgIpc) is 2.45. The number of carbonyl (C=O) groups is 1. The number of amides is 1. The summed E-state index contributed by atoms with van der Waals surface area (Å²) < 4.78 is 6.47. The molecular formula is C16H17BrN2O2. The minimum absolute atomic E-state index is 0.0583. The number of morpholine rings is 1. The normalized spacial score (nSPS) is 19.0. The first-order valence-electron chi connectivity index (χ1n) is 7.02. The number of benzene rings is 1. The summed E-state index contributed by atoms with van der Waals surface area (Å²) in [5.41, 5.74) is 2.42. The van der Waals surface area contributed by atoms with Crippen LogP contribution in [0.25, 0.3) is 10.9 Å². The van der Waals surface area contributed by atoms with Gasteiger partial charge in [0.25, 0.3) is 5.91 Å². The number of pyridine rings is 1. The molecule has 1 aliphatic heterocycles. The highest BCUT2D eigenvalue weighted by Crippen LogP contribution is 2.24. The summed E-state index contributed by atoms with van der Waals surface area (Å²) in [6.45, 7) is 5.78. The molecule has 1 aromatic carbocycles. The standard InChI is InChI=1S/C16H17BrN2O2/c1-10-7-14(13-4-3-12(17)8-15(13)18-10)16(20)19-5-6-21-11(2)9-19/h3-4,7-8,11H,5-6,9H2,1-2H3/t11-/m0/s1. The fourth-order valence-electron chi connectivity index (χ4n) is 2.68. The maximum atomic E-state index is 12.8. The number of halogens is 1. The summed E-state index contributed by atoms with van der Waals surface area (Å²) in [6, 6.07) is 7.71. The molecular weight excluding hydrogens is 332 g/mol. The monoisotopic (exact) mass is 348 g/mol. The van der Waals surface area contributed by atoms with Crippen molar-refractivity contribution in [1.82, 2.24) is 9.88 Å². The van der Waals surface area contributed by atoms with E-state index in [1.807, 2.05) is 43.0 Å². The zero-order valence-corrected chi connectivity index (χ0v) is 13.7. The quantitative estimate of drug-likeness (QED) is 0.794. The van der Waals surface area contributed by atoms with Crippen molar-refractivity contribution in [2.75, 3.05) is 19.7 Å². The predicted molar refractivity (Wildman–Crippen MR) is 85.5 cm³/mol. The average molecular weight is 349 g/mol. The van der Waals surface area contributed by atoms with Gasteiger partial charge in [0, 0.05) is 28.6 Å². The van der Waals surface area contributed by atoms with Crippen LogP contribution in [0.3, 0.4) is 0 Å². The van der Waals surface area contributed by atoms with Crippen LogP contribution in [0.2, 0.25) is 0 Å². The molecule has 0 radical (unpaired) electrons. The summed E-state index contributed by atoms with van der Waals surface area (Å²) in [4.78, 5) is 19.2. The molecule has 110 valence electrons. The van der Waals surface area contributed by atoms with E-state index in [4.69, 9.17) is 4.74 Å². The van der Waals surface area contributed by atoms with Crippen molar-refractivity contribution in [3.05, 3.63) is 40.0 Å². The van der Waals surface area contributed by atoms with Gasteiger partial charge < -0.3 is 9.64 Å². The smallest absolute Gasteiger partial charge is 0.254 e. The summed E-state index contributed by atoms with van der Waals surface area (Å²) in [6.07, 6.45) is 0.0889. The molecule has 21 heavy (non-hydrogen) atoms. The molecule has 0 bridgehead atoms. The van der Waals surface area contributed by atoms with Crippen LogP contribution in [0.1, 0.15) is 23.0 Å². The number of fused-ring (bicyclic) bond motifs is 1. The summed E-state index contributed by atoms with van der Waals surface area (Å²) >= 11 is 3.45. The minimum atomic E-state index is 0.0583. The van der Waals surface area contributed by atoms with E-state index in [0.29, 0.717) is 19.7 Å². The SMILES string of the molecule is Cc1cc(C(=O)N2CCO[C@@H](C)C2)c2ccc(Br)cc2n1. The Balaban J connectivity index is 2.04. The Morgan fingerprint density at radius 2 is 2.24 bits per heavy atom. The second kappa shape index (κ2) is 5.73. The number of nitrogens with zero attached hydrogens (tertiary/aromatic N) is 2. The Bertz CT molecular complexity index is 697. The molecule has 0 saturated carbocycles. The molecule has 1 amide bonds. The highest BCUT2D eigenvalue weighted by atomic mass is 79.9. The van der Waals surface area contributed by atoms with Crippen molar-refractivity contribution >= 4 is 32.7 Å². The largest absolute Gasteiger partial charge is 0.375 e. The number of hydrogen-bond acceptors (Lipinski definition) is 3. The van der Waals surface area contributed by atoms with Gasteiger partial charge in [-0.2, -0.15) is 0 Å². The van der Waals surface area contributed by atoms with Crippen molar-refractivity contribution in [2.45, 2.75) is 20.0 Å². The predicted octanol–water partition coefficient (Wildman–Crippen LogP) is 3.17. The lowest BCUT2D eigenvalue weighted by Gasteiger charge is -2.31. The van der Waals surface area contributed by atoms with Crippen LogP contribution >= 0.6 is 15.9 Å². The first-order valence-corrected chi connectivity index (χ1v) is 7.81. The molecule has 1 fully saturated rings. The van der Waals surface area contributed by atoms with Crippen LogP contribution in [0.5, 0.6) is 0 Å². The number of aromatic nitrogens is 1. The molecule has 0 spiro atoms. The number of rotatable bonds is 1. The van der Waals surface area contributed by atoms with Gasteiger partial charge in [-0.3, -0.25) is 9.78 Å². The van der Waals surface area contributed by atoms with Gasteiger partial charge in [0.1, 0.15) is 0 Å². The highest BCUT2D eigenvalue weighted by molar-refractivity contribution is 9.10. The Hall–Kier alpha value is -1.46. The van der Waals surface area contributed by atoms with Crippen LogP contribution < -0.4 is 0 Å². The van der Waals surface area contributed by atoms with Gasteiger partial charge in [-0.05, 0) is 32.0 Å². The van der Waals surface area contributed by atoms with E-state index in [9.17, 15) is 4.79 Å². The lowest BCUT2D eigenvalue weighted by Crippen LogP contribution is -2.44. The first-order chi connectivity index (χ1) is 10.0. The van der Waals surface area contributed by atoms with Gasteiger partial charge in [-0.15, -0.1) is 0 Å². The third-order valence-electron chi connectivity index (χ3n) is 3.66. The van der Waals surface area contributed by atoms with Gasteiger partial charge in [0.05, 0.1) is 23.8 Å². The Morgan fingerprint density at radius 3 is 3.00 bits per heavy atom. The fraction of sp³-hybridized carbons (Fsp3) is 0.375. The fourth-order valence-corrected chi connectivity index (χ4v) is 3.03. The van der Waals surface area contributed by atoms with Crippen LogP contribution in [0.15, 0.2) is 28.7 Å². The summed E-state index contributed by atoms with van der Waals surface area (Å²) in [5, 5.41) is 0.896. The lowest BCUT2D eigenvalue weighted by molar-refractivity contribution is -0.0123. The third-order valence-corrected chi connectivity index (χ3v) is 4.15. The number of ether oxygens (including phenoxy) is 1. The lowest BCUT2D eigenvalue weighted by atomic mass is 10.1. The van der Waals surface area contributed by atoms with E-state index in [2.05, 4.69) is 20.9 Å². The third kappa shape index (κ3) is 2.94. The highest BCUT2D eigenvalue weighted by Gasteiger charge is 2.24. The van der Waals surface area contributed by atoms with Crippen molar-refractivity contribution in [2.24, 2.45) is 0 Å². The summed E-state index contributed by atoms with van der Waals surface area (Å²) in [5.74, 6) is 0.0583. The topological polar surface area (TPSA) is 42.4 Å². The van der Waals surface area contributed by atoms with E-state index in [0.717, 1.165) is 26.6 Å². The Kier molecular flexibility index (Phi) is 3.95. The number of hydrogen-bond donors (Lipinski definition) is 0. The van der Waals surface area contributed by atoms with E-state index in [1.165, 1.54) is 0 Å². The van der Waals surface area contributed by atoms with Gasteiger partial charge in [0.15, 0.2) is 0 Å². The van der Waals surface area contributed by atoms with Crippen molar-refractivity contribution in [3.8, 4) is 0 Å². The van der Waals surface area contributed by atoms with Gasteiger partial charge in [-0.1, -0.05) is 22.0 Å². The molecule has 2 aromatic rings. The van der Waals surface area contributed by atoms with Gasteiger partial charge >= 0.3 is 0 Å². The van der Waals surface area contributed by atoms with E-state index in [-0.39, 0.29) is 12.0 Å². The van der Waals surface area contributed by atoms with E-state index < -0.39 is 0 Å². The molecule has 4 nitrogen and oxygen atoms in total. The maximum Gasteiger partial charge on any atom is 0.254 e. The Labute approximate surface area is 132 Å². The molecule has 0 N–H and O–H groups in total. The molecule has 2 heterocycles. The van der Waals surface area contributed by atoms with E-state index >= 15 is 0 Å². The molecule has 1 aliphatic rings. The zero-order valence-electron chi connectivity index (χ0n) is 12.1. The van der Waals surface area contributed by atoms with Crippen LogP contribution in [-0.4, -0.2) is 41.6 Å². The molecule has 0 unspecified atom stereocenters. The second-order valence-electron chi connectivity index (χ2n) is 5.41. The second-order valence-corrected chi connectivity index (χ2v) is 6.32. The van der Waals surface area contributed by atoms with Gasteiger partial charge in [0.2, 0.25) is 0 Å². The zero-order chi connectivity index (χ0) is 15.0. The van der Waals surface area contributed by atoms with Crippen molar-refractivity contribution < 1.29 is 9.53 Å². The molecule has 3 rings (SSSR count). The maximum absolute atomic E-state index is 12.8. The summed E-state index contributed by atoms with van der Waals surface area (Å²) in [7, 11) is 0. The molecule has 5 heteroatoms. The Morgan fingerprint density at radius 1 is 1.43 bits per heavy atom. The molecule has 0 aliphatic carbocycles. The van der Waals surface area contributed by atoms with Crippen LogP contribution in [-0.2, 0) is 4.74 Å². The van der Waals surface area contributed by atoms with E-state index in [1.54, 1.807) is 0 Å².